The van der Waals surface area contributed by atoms with Gasteiger partial charge in [0.05, 0.1) is 16.1 Å². The van der Waals surface area contributed by atoms with Crippen molar-refractivity contribution < 1.29 is 17.6 Å². The Morgan fingerprint density at radius 3 is 2.56 bits per heavy atom. The SMILES string of the molecule is O=C(C1CCN(S(=O)(=O)c2ccc(Cl)cc2)CC1)N(CCn1cccn1)c1nc2c(F)cccc2s1. The molecule has 36 heavy (non-hydrogen) atoms. The molecule has 1 aliphatic rings. The van der Waals surface area contributed by atoms with Gasteiger partial charge < -0.3 is 0 Å². The Morgan fingerprint density at radius 2 is 1.89 bits per heavy atom. The third-order valence-electron chi connectivity index (χ3n) is 6.22. The van der Waals surface area contributed by atoms with Crippen LogP contribution in [0.1, 0.15) is 12.8 Å². The van der Waals surface area contributed by atoms with Crippen LogP contribution in [0.5, 0.6) is 0 Å². The number of carbonyl (C=O) groups is 1. The third-order valence-corrected chi connectivity index (χ3v) is 9.43. The molecule has 0 bridgehead atoms. The van der Waals surface area contributed by atoms with E-state index in [9.17, 15) is 17.6 Å². The van der Waals surface area contributed by atoms with Crippen LogP contribution in [0.4, 0.5) is 9.52 Å². The summed E-state index contributed by atoms with van der Waals surface area (Å²) in [5.74, 6) is -0.962. The lowest BCUT2D eigenvalue weighted by molar-refractivity contribution is -0.123. The predicted molar refractivity (Wildman–Crippen MR) is 137 cm³/mol. The van der Waals surface area contributed by atoms with Crippen LogP contribution in [0.15, 0.2) is 65.8 Å². The van der Waals surface area contributed by atoms with Gasteiger partial charge in [-0.3, -0.25) is 14.4 Å². The van der Waals surface area contributed by atoms with Gasteiger partial charge >= 0.3 is 0 Å². The fourth-order valence-corrected chi connectivity index (χ4v) is 6.88. The number of nitrogens with zero attached hydrogens (tertiary/aromatic N) is 5. The zero-order valence-electron chi connectivity index (χ0n) is 19.1. The van der Waals surface area contributed by atoms with Crippen LogP contribution in [-0.2, 0) is 21.4 Å². The van der Waals surface area contributed by atoms with Gasteiger partial charge in [-0.05, 0) is 55.3 Å². The molecule has 4 aromatic rings. The molecule has 5 rings (SSSR count). The number of thiazole rings is 1. The number of aromatic nitrogens is 3. The Balaban J connectivity index is 1.34. The number of benzene rings is 2. The van der Waals surface area contributed by atoms with Crippen LogP contribution >= 0.6 is 22.9 Å². The topological polar surface area (TPSA) is 88.4 Å². The summed E-state index contributed by atoms with van der Waals surface area (Å²) in [6.07, 6.45) is 4.23. The Hall–Kier alpha value is -2.86. The van der Waals surface area contributed by atoms with Crippen molar-refractivity contribution in [1.29, 1.82) is 0 Å². The van der Waals surface area contributed by atoms with Crippen molar-refractivity contribution in [3.8, 4) is 0 Å². The van der Waals surface area contributed by atoms with Gasteiger partial charge in [0, 0.05) is 43.0 Å². The maximum atomic E-state index is 14.3. The maximum absolute atomic E-state index is 14.3. The molecule has 0 radical (unpaired) electrons. The van der Waals surface area contributed by atoms with E-state index in [1.165, 1.54) is 33.8 Å². The number of para-hydroxylation sites is 1. The number of halogens is 2. The number of hydrogen-bond donors (Lipinski definition) is 0. The van der Waals surface area contributed by atoms with Crippen molar-refractivity contribution in [3.63, 3.8) is 0 Å². The number of fused-ring (bicyclic) bond motifs is 1. The highest BCUT2D eigenvalue weighted by Crippen LogP contribution is 2.33. The molecule has 1 aliphatic heterocycles. The molecule has 188 valence electrons. The van der Waals surface area contributed by atoms with Crippen molar-refractivity contribution in [2.75, 3.05) is 24.5 Å². The summed E-state index contributed by atoms with van der Waals surface area (Å²) in [5.41, 5.74) is 0.235. The lowest BCUT2D eigenvalue weighted by Crippen LogP contribution is -2.45. The molecule has 1 fully saturated rings. The van der Waals surface area contributed by atoms with E-state index in [2.05, 4.69) is 10.1 Å². The number of anilines is 1. The quantitative estimate of drug-likeness (QED) is 0.342. The molecule has 12 heteroatoms. The second-order valence-corrected chi connectivity index (χ2v) is 11.9. The second-order valence-electron chi connectivity index (χ2n) is 8.47. The number of hydrogen-bond acceptors (Lipinski definition) is 6. The highest BCUT2D eigenvalue weighted by atomic mass is 35.5. The minimum absolute atomic E-state index is 0.148. The highest BCUT2D eigenvalue weighted by molar-refractivity contribution is 7.89. The van der Waals surface area contributed by atoms with Crippen LogP contribution in [0.25, 0.3) is 10.2 Å². The number of piperidine rings is 1. The standard InChI is InChI=1S/C24H23ClFN5O3S2/c25-18-5-7-19(8-6-18)36(33,34)30-13-9-17(10-14-30)23(32)31(16-15-29-12-2-11-27-29)24-28-22-20(26)3-1-4-21(22)35-24/h1-8,11-12,17H,9-10,13-16H2. The molecular formula is C24H23ClFN5O3S2. The summed E-state index contributed by atoms with van der Waals surface area (Å²) in [7, 11) is -3.68. The van der Waals surface area contributed by atoms with Crippen molar-refractivity contribution in [2.24, 2.45) is 5.92 Å². The molecule has 0 N–H and O–H groups in total. The summed E-state index contributed by atoms with van der Waals surface area (Å²) in [6, 6.07) is 12.6. The van der Waals surface area contributed by atoms with Crippen molar-refractivity contribution in [3.05, 3.63) is 71.8 Å². The van der Waals surface area contributed by atoms with E-state index >= 15 is 0 Å². The van der Waals surface area contributed by atoms with Gasteiger partial charge in [-0.25, -0.2) is 17.8 Å². The largest absolute Gasteiger partial charge is 0.286 e. The van der Waals surface area contributed by atoms with Crippen LogP contribution in [0, 0.1) is 11.7 Å². The first-order chi connectivity index (χ1) is 17.3. The number of amides is 1. The van der Waals surface area contributed by atoms with E-state index in [4.69, 9.17) is 11.6 Å². The zero-order chi connectivity index (χ0) is 25.3. The molecule has 2 aromatic heterocycles. The minimum Gasteiger partial charge on any atom is -0.286 e. The average Bonchev–Trinajstić information content (AvgIpc) is 3.55. The van der Waals surface area contributed by atoms with Crippen molar-refractivity contribution in [2.45, 2.75) is 24.3 Å². The molecule has 0 atom stereocenters. The fourth-order valence-electron chi connectivity index (χ4n) is 4.27. The molecule has 8 nitrogen and oxygen atoms in total. The van der Waals surface area contributed by atoms with Crippen LogP contribution in [-0.4, -0.2) is 53.0 Å². The van der Waals surface area contributed by atoms with E-state index in [0.717, 1.165) is 0 Å². The summed E-state index contributed by atoms with van der Waals surface area (Å²) >= 11 is 7.15. The van der Waals surface area contributed by atoms with Crippen LogP contribution in [0.2, 0.25) is 5.02 Å². The highest BCUT2D eigenvalue weighted by Gasteiger charge is 2.35. The fraction of sp³-hybridized carbons (Fsp3) is 0.292. The molecule has 1 amide bonds. The lowest BCUT2D eigenvalue weighted by Gasteiger charge is -2.33. The number of rotatable bonds is 7. The molecular weight excluding hydrogens is 525 g/mol. The molecule has 0 spiro atoms. The lowest BCUT2D eigenvalue weighted by atomic mass is 9.96. The molecule has 0 unspecified atom stereocenters. The van der Waals surface area contributed by atoms with Gasteiger partial charge in [0.15, 0.2) is 5.13 Å². The van der Waals surface area contributed by atoms with Crippen molar-refractivity contribution >= 4 is 54.2 Å². The number of sulfonamides is 1. The summed E-state index contributed by atoms with van der Waals surface area (Å²) < 4.78 is 44.1. The van der Waals surface area contributed by atoms with E-state index in [1.807, 2.05) is 0 Å². The van der Waals surface area contributed by atoms with Gasteiger partial charge in [0.1, 0.15) is 11.3 Å². The smallest absolute Gasteiger partial charge is 0.243 e. The average molecular weight is 548 g/mol. The monoisotopic (exact) mass is 547 g/mol. The third kappa shape index (κ3) is 5.01. The van der Waals surface area contributed by atoms with E-state index in [0.29, 0.717) is 40.8 Å². The first kappa shape index (κ1) is 24.8. The Kier molecular flexibility index (Phi) is 7.07. The van der Waals surface area contributed by atoms with E-state index < -0.39 is 15.8 Å². The molecule has 2 aromatic carbocycles. The van der Waals surface area contributed by atoms with Gasteiger partial charge in [0.2, 0.25) is 15.9 Å². The number of carbonyl (C=O) groups excluding carboxylic acids is 1. The second kappa shape index (κ2) is 10.3. The van der Waals surface area contributed by atoms with E-state index in [1.54, 1.807) is 52.3 Å². The summed E-state index contributed by atoms with van der Waals surface area (Å²) in [6.45, 7) is 1.21. The van der Waals surface area contributed by atoms with Gasteiger partial charge in [-0.1, -0.05) is 29.0 Å². The minimum atomic E-state index is -3.68. The Morgan fingerprint density at radius 1 is 1.14 bits per heavy atom. The van der Waals surface area contributed by atoms with Crippen LogP contribution in [0.3, 0.4) is 0 Å². The Bertz CT molecular complexity index is 1470. The van der Waals surface area contributed by atoms with Crippen LogP contribution < -0.4 is 4.90 Å². The first-order valence-electron chi connectivity index (χ1n) is 11.4. The molecule has 0 saturated carbocycles. The molecule has 1 saturated heterocycles. The van der Waals surface area contributed by atoms with Gasteiger partial charge in [-0.2, -0.15) is 9.40 Å². The molecule has 3 heterocycles. The normalized spacial score (nSPS) is 15.4. The summed E-state index contributed by atoms with van der Waals surface area (Å²) in [5, 5.41) is 5.08. The summed E-state index contributed by atoms with van der Waals surface area (Å²) in [4.78, 5) is 19.9. The first-order valence-corrected chi connectivity index (χ1v) is 14.1. The Labute approximate surface area is 217 Å². The zero-order valence-corrected chi connectivity index (χ0v) is 21.5. The predicted octanol–water partition coefficient (Wildman–Crippen LogP) is 4.42. The van der Waals surface area contributed by atoms with Crippen molar-refractivity contribution in [1.82, 2.24) is 19.1 Å². The van der Waals surface area contributed by atoms with Gasteiger partial charge in [-0.15, -0.1) is 0 Å². The van der Waals surface area contributed by atoms with Gasteiger partial charge in [0.25, 0.3) is 0 Å². The maximum Gasteiger partial charge on any atom is 0.243 e. The van der Waals surface area contributed by atoms with E-state index in [-0.39, 0.29) is 35.3 Å². The molecule has 0 aliphatic carbocycles.